The minimum absolute atomic E-state index is 0.0102. The van der Waals surface area contributed by atoms with Gasteiger partial charge in [0.15, 0.2) is 0 Å². The zero-order valence-corrected chi connectivity index (χ0v) is 16.9. The number of halogens is 1. The summed E-state index contributed by atoms with van der Waals surface area (Å²) >= 11 is 3.44. The lowest BCUT2D eigenvalue weighted by Crippen LogP contribution is -2.39. The number of benzene rings is 2. The van der Waals surface area contributed by atoms with Crippen LogP contribution in [0.5, 0.6) is 5.75 Å². The number of ether oxygens (including phenoxy) is 1. The number of rotatable bonds is 5. The van der Waals surface area contributed by atoms with Gasteiger partial charge in [-0.25, -0.2) is 4.79 Å². The second-order valence-electron chi connectivity index (χ2n) is 6.39. The van der Waals surface area contributed by atoms with Gasteiger partial charge in [-0.05, 0) is 61.9 Å². The summed E-state index contributed by atoms with van der Waals surface area (Å²) in [5.74, 6) is 0.760. The van der Waals surface area contributed by atoms with E-state index in [0.717, 1.165) is 21.5 Å². The SMILES string of the molecule is CCOc1ccc(N2CC(NC(=O)Nc3ccc(Br)c(C)c3)CC2=O)cc1. The lowest BCUT2D eigenvalue weighted by atomic mass is 10.2. The van der Waals surface area contributed by atoms with E-state index >= 15 is 0 Å². The van der Waals surface area contributed by atoms with Crippen molar-refractivity contribution in [2.24, 2.45) is 0 Å². The molecule has 142 valence electrons. The van der Waals surface area contributed by atoms with Gasteiger partial charge in [-0.3, -0.25) is 4.79 Å². The Morgan fingerprint density at radius 1 is 1.26 bits per heavy atom. The van der Waals surface area contributed by atoms with Gasteiger partial charge in [0, 0.05) is 28.8 Å². The smallest absolute Gasteiger partial charge is 0.319 e. The van der Waals surface area contributed by atoms with Crippen LogP contribution in [0.3, 0.4) is 0 Å². The molecule has 0 aliphatic carbocycles. The number of carbonyl (C=O) groups excluding carboxylic acids is 2. The molecule has 1 fully saturated rings. The number of amides is 3. The van der Waals surface area contributed by atoms with E-state index in [-0.39, 0.29) is 24.4 Å². The van der Waals surface area contributed by atoms with Crippen molar-refractivity contribution in [1.29, 1.82) is 0 Å². The fourth-order valence-electron chi connectivity index (χ4n) is 3.02. The van der Waals surface area contributed by atoms with Crippen LogP contribution in [0.25, 0.3) is 0 Å². The highest BCUT2D eigenvalue weighted by Gasteiger charge is 2.31. The molecule has 2 aromatic carbocycles. The van der Waals surface area contributed by atoms with Crippen LogP contribution in [0.2, 0.25) is 0 Å². The number of aryl methyl sites for hydroxylation is 1. The quantitative estimate of drug-likeness (QED) is 0.748. The average Bonchev–Trinajstić information content (AvgIpc) is 2.99. The third-order valence-corrected chi connectivity index (χ3v) is 5.23. The minimum atomic E-state index is -0.317. The molecule has 7 heteroatoms. The third kappa shape index (κ3) is 4.80. The van der Waals surface area contributed by atoms with Gasteiger partial charge in [0.25, 0.3) is 0 Å². The molecule has 0 radical (unpaired) electrons. The normalized spacial score (nSPS) is 16.3. The first kappa shape index (κ1) is 19.2. The molecule has 0 bridgehead atoms. The zero-order chi connectivity index (χ0) is 19.4. The third-order valence-electron chi connectivity index (χ3n) is 4.34. The molecule has 0 spiro atoms. The summed E-state index contributed by atoms with van der Waals surface area (Å²) in [6.45, 7) is 4.92. The number of urea groups is 1. The Hall–Kier alpha value is -2.54. The van der Waals surface area contributed by atoms with E-state index in [1.807, 2.05) is 56.3 Å². The molecule has 0 saturated carbocycles. The second-order valence-corrected chi connectivity index (χ2v) is 7.25. The first-order valence-electron chi connectivity index (χ1n) is 8.83. The van der Waals surface area contributed by atoms with Gasteiger partial charge in [-0.1, -0.05) is 15.9 Å². The van der Waals surface area contributed by atoms with E-state index in [0.29, 0.717) is 18.8 Å². The molecule has 1 unspecified atom stereocenters. The average molecular weight is 432 g/mol. The highest BCUT2D eigenvalue weighted by Crippen LogP contribution is 2.24. The van der Waals surface area contributed by atoms with E-state index in [4.69, 9.17) is 4.74 Å². The largest absolute Gasteiger partial charge is 0.494 e. The number of hydrogen-bond donors (Lipinski definition) is 2. The molecule has 2 N–H and O–H groups in total. The van der Waals surface area contributed by atoms with Crippen molar-refractivity contribution in [1.82, 2.24) is 5.32 Å². The Labute approximate surface area is 167 Å². The molecule has 3 amide bonds. The van der Waals surface area contributed by atoms with Crippen LogP contribution < -0.4 is 20.3 Å². The fraction of sp³-hybridized carbons (Fsp3) is 0.300. The first-order chi connectivity index (χ1) is 13.0. The van der Waals surface area contributed by atoms with E-state index in [2.05, 4.69) is 26.6 Å². The zero-order valence-electron chi connectivity index (χ0n) is 15.3. The highest BCUT2D eigenvalue weighted by atomic mass is 79.9. The molecule has 1 atom stereocenters. The molecule has 6 nitrogen and oxygen atoms in total. The number of hydrogen-bond acceptors (Lipinski definition) is 3. The second kappa shape index (κ2) is 8.43. The molecule has 27 heavy (non-hydrogen) atoms. The van der Waals surface area contributed by atoms with Crippen molar-refractivity contribution in [2.45, 2.75) is 26.3 Å². The van der Waals surface area contributed by atoms with Crippen LogP contribution in [0.1, 0.15) is 18.9 Å². The van der Waals surface area contributed by atoms with Crippen LogP contribution in [-0.2, 0) is 4.79 Å². The minimum Gasteiger partial charge on any atom is -0.494 e. The van der Waals surface area contributed by atoms with Crippen LogP contribution in [0.15, 0.2) is 46.9 Å². The molecule has 1 saturated heterocycles. The van der Waals surface area contributed by atoms with Crippen molar-refractivity contribution < 1.29 is 14.3 Å². The van der Waals surface area contributed by atoms with Gasteiger partial charge in [-0.15, -0.1) is 0 Å². The maximum Gasteiger partial charge on any atom is 0.319 e. The van der Waals surface area contributed by atoms with Crippen molar-refractivity contribution in [3.8, 4) is 5.75 Å². The number of nitrogens with zero attached hydrogens (tertiary/aromatic N) is 1. The van der Waals surface area contributed by atoms with Gasteiger partial charge >= 0.3 is 6.03 Å². The summed E-state index contributed by atoms with van der Waals surface area (Å²) in [6.07, 6.45) is 0.278. The maximum atomic E-state index is 12.3. The Balaban J connectivity index is 1.58. The summed E-state index contributed by atoms with van der Waals surface area (Å²) < 4.78 is 6.41. The predicted molar refractivity (Wildman–Crippen MR) is 109 cm³/mol. The van der Waals surface area contributed by atoms with Crippen molar-refractivity contribution in [2.75, 3.05) is 23.4 Å². The lowest BCUT2D eigenvalue weighted by Gasteiger charge is -2.18. The highest BCUT2D eigenvalue weighted by molar-refractivity contribution is 9.10. The topological polar surface area (TPSA) is 70.7 Å². The molecular weight excluding hydrogens is 410 g/mol. The van der Waals surface area contributed by atoms with Gasteiger partial charge < -0.3 is 20.3 Å². The van der Waals surface area contributed by atoms with E-state index in [1.54, 1.807) is 4.90 Å². The fourth-order valence-corrected chi connectivity index (χ4v) is 3.26. The molecule has 0 aromatic heterocycles. The lowest BCUT2D eigenvalue weighted by molar-refractivity contribution is -0.117. The molecule has 3 rings (SSSR count). The first-order valence-corrected chi connectivity index (χ1v) is 9.62. The van der Waals surface area contributed by atoms with Crippen LogP contribution in [-0.4, -0.2) is 31.1 Å². The van der Waals surface area contributed by atoms with Gasteiger partial charge in [-0.2, -0.15) is 0 Å². The maximum absolute atomic E-state index is 12.3. The predicted octanol–water partition coefficient (Wildman–Crippen LogP) is 4.08. The molecule has 2 aromatic rings. The Bertz CT molecular complexity index is 839. The van der Waals surface area contributed by atoms with E-state index in [1.165, 1.54) is 0 Å². The number of carbonyl (C=O) groups is 2. The summed E-state index contributed by atoms with van der Waals surface area (Å²) in [5, 5.41) is 5.68. The molecule has 1 heterocycles. The summed E-state index contributed by atoms with van der Waals surface area (Å²) in [6, 6.07) is 12.4. The summed E-state index contributed by atoms with van der Waals surface area (Å²) in [4.78, 5) is 26.3. The summed E-state index contributed by atoms with van der Waals surface area (Å²) in [7, 11) is 0. The molecule has 1 aliphatic heterocycles. The van der Waals surface area contributed by atoms with Crippen LogP contribution in [0, 0.1) is 6.92 Å². The van der Waals surface area contributed by atoms with Gasteiger partial charge in [0.1, 0.15) is 5.75 Å². The van der Waals surface area contributed by atoms with E-state index < -0.39 is 0 Å². The number of nitrogens with one attached hydrogen (secondary N) is 2. The van der Waals surface area contributed by atoms with Crippen LogP contribution >= 0.6 is 15.9 Å². The van der Waals surface area contributed by atoms with Crippen molar-refractivity contribution in [3.63, 3.8) is 0 Å². The van der Waals surface area contributed by atoms with Gasteiger partial charge in [0.05, 0.1) is 12.6 Å². The Morgan fingerprint density at radius 2 is 2.00 bits per heavy atom. The monoisotopic (exact) mass is 431 g/mol. The Kier molecular flexibility index (Phi) is 6.01. The summed E-state index contributed by atoms with van der Waals surface area (Å²) in [5.41, 5.74) is 2.54. The standard InChI is InChI=1S/C20H22BrN3O3/c1-3-27-17-7-5-16(6-8-17)24-12-15(11-19(24)25)23-20(26)22-14-4-9-18(21)13(2)10-14/h4-10,15H,3,11-12H2,1-2H3,(H2,22,23,26). The van der Waals surface area contributed by atoms with Crippen molar-refractivity contribution in [3.05, 3.63) is 52.5 Å². The number of anilines is 2. The Morgan fingerprint density at radius 3 is 2.67 bits per heavy atom. The van der Waals surface area contributed by atoms with Gasteiger partial charge in [0.2, 0.25) is 5.91 Å². The van der Waals surface area contributed by atoms with E-state index in [9.17, 15) is 9.59 Å². The van der Waals surface area contributed by atoms with Crippen molar-refractivity contribution >= 4 is 39.2 Å². The van der Waals surface area contributed by atoms with Crippen LogP contribution in [0.4, 0.5) is 16.2 Å². The molecular formula is C20H22BrN3O3. The molecule has 1 aliphatic rings.